The summed E-state index contributed by atoms with van der Waals surface area (Å²) in [6.45, 7) is 2.27. The van der Waals surface area contributed by atoms with Gasteiger partial charge >= 0.3 is 0 Å². The second-order valence-corrected chi connectivity index (χ2v) is 6.89. The number of amides is 1. The van der Waals surface area contributed by atoms with Gasteiger partial charge in [-0.25, -0.2) is 4.39 Å². The molecule has 0 saturated carbocycles. The molecule has 3 heterocycles. The minimum Gasteiger partial charge on any atom is -0.347 e. The van der Waals surface area contributed by atoms with Crippen LogP contribution in [0, 0.1) is 12.7 Å². The van der Waals surface area contributed by atoms with E-state index in [4.69, 9.17) is 0 Å². The topological polar surface area (TPSA) is 67.8 Å². The summed E-state index contributed by atoms with van der Waals surface area (Å²) in [4.78, 5) is 25.2. The third-order valence-corrected chi connectivity index (χ3v) is 4.63. The maximum Gasteiger partial charge on any atom is 0.270 e. The van der Waals surface area contributed by atoms with E-state index in [2.05, 4.69) is 20.3 Å². The minimum atomic E-state index is -0.313. The largest absolute Gasteiger partial charge is 0.347 e. The molecule has 4 aromatic rings. The molecule has 0 aliphatic carbocycles. The Balaban J connectivity index is 1.43. The van der Waals surface area contributed by atoms with Crippen molar-refractivity contribution in [2.24, 2.45) is 0 Å². The quantitative estimate of drug-likeness (QED) is 0.534. The van der Waals surface area contributed by atoms with Crippen molar-refractivity contribution in [2.75, 3.05) is 0 Å². The molecule has 0 fully saturated rings. The molecule has 3 aromatic heterocycles. The Kier molecular flexibility index (Phi) is 5.57. The van der Waals surface area contributed by atoms with Crippen LogP contribution in [-0.4, -0.2) is 20.9 Å². The number of pyridine rings is 3. The molecule has 0 atom stereocenters. The number of aromatic nitrogens is 3. The number of nitrogens with one attached hydrogen (secondary N) is 1. The molecule has 0 radical (unpaired) electrons. The van der Waals surface area contributed by atoms with Gasteiger partial charge in [0, 0.05) is 48.2 Å². The van der Waals surface area contributed by atoms with Crippen molar-refractivity contribution in [3.63, 3.8) is 0 Å². The van der Waals surface area contributed by atoms with Gasteiger partial charge in [0.05, 0.1) is 0 Å². The summed E-state index contributed by atoms with van der Waals surface area (Å²) in [5.41, 5.74) is 5.55. The molecule has 1 aromatic carbocycles. The van der Waals surface area contributed by atoms with Gasteiger partial charge in [-0.3, -0.25) is 19.7 Å². The number of hydrogen-bond donors (Lipinski definition) is 1. The van der Waals surface area contributed by atoms with E-state index >= 15 is 0 Å². The van der Waals surface area contributed by atoms with Gasteiger partial charge in [0.15, 0.2) is 0 Å². The summed E-state index contributed by atoms with van der Waals surface area (Å²) < 4.78 is 13.4. The van der Waals surface area contributed by atoms with E-state index in [1.807, 2.05) is 25.1 Å². The van der Waals surface area contributed by atoms with Gasteiger partial charge < -0.3 is 5.32 Å². The average Bonchev–Trinajstić information content (AvgIpc) is 2.78. The van der Waals surface area contributed by atoms with E-state index in [1.54, 1.807) is 49.1 Å². The first-order valence-electron chi connectivity index (χ1n) is 9.46. The molecular weight excluding hydrogens is 379 g/mol. The Hall–Kier alpha value is -3.93. The van der Waals surface area contributed by atoms with Crippen LogP contribution < -0.4 is 5.32 Å². The highest BCUT2D eigenvalue weighted by molar-refractivity contribution is 5.92. The molecule has 5 nitrogen and oxygen atoms in total. The number of nitrogens with zero attached hydrogens (tertiary/aromatic N) is 3. The van der Waals surface area contributed by atoms with Gasteiger partial charge in [-0.15, -0.1) is 0 Å². The third-order valence-electron chi connectivity index (χ3n) is 4.63. The van der Waals surface area contributed by atoms with Crippen molar-refractivity contribution in [3.8, 4) is 22.3 Å². The highest BCUT2D eigenvalue weighted by atomic mass is 19.1. The first-order chi connectivity index (χ1) is 14.6. The Morgan fingerprint density at radius 3 is 2.53 bits per heavy atom. The zero-order valence-corrected chi connectivity index (χ0v) is 16.3. The lowest BCUT2D eigenvalue weighted by Crippen LogP contribution is -2.23. The van der Waals surface area contributed by atoms with Crippen molar-refractivity contribution in [3.05, 3.63) is 102 Å². The first kappa shape index (κ1) is 19.4. The summed E-state index contributed by atoms with van der Waals surface area (Å²) in [6, 6.07) is 15.5. The van der Waals surface area contributed by atoms with Crippen LogP contribution in [0.1, 0.15) is 21.7 Å². The van der Waals surface area contributed by atoms with Crippen molar-refractivity contribution in [1.29, 1.82) is 0 Å². The van der Waals surface area contributed by atoms with Crippen molar-refractivity contribution in [1.82, 2.24) is 20.3 Å². The van der Waals surface area contributed by atoms with Gasteiger partial charge in [-0.05, 0) is 60.0 Å². The molecule has 0 bridgehead atoms. The molecule has 0 saturated heterocycles. The fraction of sp³-hybridized carbons (Fsp3) is 0.0833. The van der Waals surface area contributed by atoms with Crippen LogP contribution in [0.4, 0.5) is 4.39 Å². The average molecular weight is 398 g/mol. The fourth-order valence-corrected chi connectivity index (χ4v) is 3.11. The van der Waals surface area contributed by atoms with Gasteiger partial charge in [-0.2, -0.15) is 0 Å². The summed E-state index contributed by atoms with van der Waals surface area (Å²) in [5, 5.41) is 2.86. The van der Waals surface area contributed by atoms with Gasteiger partial charge in [0.2, 0.25) is 0 Å². The Morgan fingerprint density at radius 1 is 0.900 bits per heavy atom. The molecule has 0 aliphatic rings. The van der Waals surface area contributed by atoms with Crippen LogP contribution in [0.25, 0.3) is 22.3 Å². The summed E-state index contributed by atoms with van der Waals surface area (Å²) in [5.74, 6) is -0.599. The van der Waals surface area contributed by atoms with E-state index in [9.17, 15) is 9.18 Å². The number of carbonyl (C=O) groups excluding carboxylic acids is 1. The number of carbonyl (C=O) groups is 1. The second-order valence-electron chi connectivity index (χ2n) is 6.89. The van der Waals surface area contributed by atoms with Crippen molar-refractivity contribution < 1.29 is 9.18 Å². The molecule has 0 aliphatic heterocycles. The smallest absolute Gasteiger partial charge is 0.270 e. The molecule has 6 heteroatoms. The van der Waals surface area contributed by atoms with E-state index < -0.39 is 0 Å². The van der Waals surface area contributed by atoms with Crippen LogP contribution >= 0.6 is 0 Å². The molecule has 1 amide bonds. The Morgan fingerprint density at radius 2 is 1.77 bits per heavy atom. The maximum absolute atomic E-state index is 13.4. The predicted molar refractivity (Wildman–Crippen MR) is 113 cm³/mol. The standard InChI is InChI=1S/C24H19FN4O/c1-16-9-19(7-8-27-16)21-10-17(12-26-14-21)13-29-24(30)23-6-5-20(15-28-23)18-3-2-4-22(25)11-18/h2-12,14-15H,13H2,1H3,(H,29,30). The Labute approximate surface area is 173 Å². The molecule has 148 valence electrons. The van der Waals surface area contributed by atoms with E-state index in [0.717, 1.165) is 27.9 Å². The number of aryl methyl sites for hydroxylation is 1. The monoisotopic (exact) mass is 398 g/mol. The Bertz CT molecular complexity index is 1190. The number of halogens is 1. The minimum absolute atomic E-state index is 0.286. The van der Waals surface area contributed by atoms with Crippen molar-refractivity contribution >= 4 is 5.91 Å². The molecule has 0 unspecified atom stereocenters. The molecular formula is C24H19FN4O. The number of rotatable bonds is 5. The van der Waals surface area contributed by atoms with Crippen LogP contribution in [-0.2, 0) is 6.54 Å². The van der Waals surface area contributed by atoms with Crippen LogP contribution in [0.2, 0.25) is 0 Å². The van der Waals surface area contributed by atoms with Crippen LogP contribution in [0.15, 0.2) is 79.4 Å². The molecule has 4 rings (SSSR count). The molecule has 30 heavy (non-hydrogen) atoms. The summed E-state index contributed by atoms with van der Waals surface area (Å²) in [6.07, 6.45) is 6.83. The van der Waals surface area contributed by atoms with E-state index in [1.165, 1.54) is 12.1 Å². The molecule has 0 spiro atoms. The highest BCUT2D eigenvalue weighted by Crippen LogP contribution is 2.20. The van der Waals surface area contributed by atoms with E-state index in [0.29, 0.717) is 17.8 Å². The maximum atomic E-state index is 13.4. The summed E-state index contributed by atoms with van der Waals surface area (Å²) >= 11 is 0. The summed E-state index contributed by atoms with van der Waals surface area (Å²) in [7, 11) is 0. The third kappa shape index (κ3) is 4.55. The van der Waals surface area contributed by atoms with Crippen molar-refractivity contribution in [2.45, 2.75) is 13.5 Å². The zero-order chi connectivity index (χ0) is 20.9. The zero-order valence-electron chi connectivity index (χ0n) is 16.3. The van der Waals surface area contributed by atoms with E-state index in [-0.39, 0.29) is 11.7 Å². The van der Waals surface area contributed by atoms with Crippen LogP contribution in [0.3, 0.4) is 0 Å². The SMILES string of the molecule is Cc1cc(-c2cncc(CNC(=O)c3ccc(-c4cccc(F)c4)cn3)c2)ccn1. The van der Waals surface area contributed by atoms with Gasteiger partial charge in [0.1, 0.15) is 11.5 Å². The lowest BCUT2D eigenvalue weighted by Gasteiger charge is -2.08. The lowest BCUT2D eigenvalue weighted by atomic mass is 10.1. The second kappa shape index (κ2) is 8.61. The van der Waals surface area contributed by atoms with Crippen LogP contribution in [0.5, 0.6) is 0 Å². The number of benzene rings is 1. The van der Waals surface area contributed by atoms with Gasteiger partial charge in [0.25, 0.3) is 5.91 Å². The first-order valence-corrected chi connectivity index (χ1v) is 9.46. The lowest BCUT2D eigenvalue weighted by molar-refractivity contribution is 0.0946. The predicted octanol–water partition coefficient (Wildman–Crippen LogP) is 4.58. The fourth-order valence-electron chi connectivity index (χ4n) is 3.11. The normalized spacial score (nSPS) is 10.6. The number of hydrogen-bond acceptors (Lipinski definition) is 4. The van der Waals surface area contributed by atoms with Gasteiger partial charge in [-0.1, -0.05) is 18.2 Å². The highest BCUT2D eigenvalue weighted by Gasteiger charge is 2.09. The molecule has 1 N–H and O–H groups in total.